The summed E-state index contributed by atoms with van der Waals surface area (Å²) in [7, 11) is -3.92. The lowest BCUT2D eigenvalue weighted by Crippen LogP contribution is -2.49. The number of likely N-dealkylation sites (N-methyl/N-ethyl adjacent to an activating group) is 1. The first kappa shape index (κ1) is 30.1. The van der Waals surface area contributed by atoms with E-state index in [0.717, 1.165) is 39.9 Å². The molecule has 0 saturated carbocycles. The molecule has 1 N–H and O–H groups in total. The molecule has 0 fully saturated rings. The minimum Gasteiger partial charge on any atom is -0.355 e. The highest BCUT2D eigenvalue weighted by Crippen LogP contribution is 2.32. The second-order valence-corrected chi connectivity index (χ2v) is 10.7. The maximum absolute atomic E-state index is 13.3. The standard InChI is InChI=1S/C26H34F3N3O4S/c1-5-23(25(34)30-6-2)31(18-20-14-12-19(3)13-15-20)24(33)11-8-16-32(37(4,35)36)22-10-7-9-21(17-22)26(27,28)29/h7,9-10,12-15,17,23H,5-6,8,11,16,18H2,1-4H3,(H,30,34)/t23-/m1/s1. The first-order valence-corrected chi connectivity index (χ1v) is 13.9. The van der Waals surface area contributed by atoms with Crippen molar-refractivity contribution in [1.82, 2.24) is 10.2 Å². The van der Waals surface area contributed by atoms with Gasteiger partial charge < -0.3 is 10.2 Å². The predicted molar refractivity (Wildman–Crippen MR) is 137 cm³/mol. The Hall–Kier alpha value is -3.08. The summed E-state index contributed by atoms with van der Waals surface area (Å²) in [4.78, 5) is 27.5. The molecule has 0 aliphatic carbocycles. The van der Waals surface area contributed by atoms with Gasteiger partial charge in [-0.1, -0.05) is 42.8 Å². The third kappa shape index (κ3) is 8.77. The van der Waals surface area contributed by atoms with Crippen LogP contribution in [0.2, 0.25) is 0 Å². The van der Waals surface area contributed by atoms with Crippen molar-refractivity contribution in [3.63, 3.8) is 0 Å². The Labute approximate surface area is 216 Å². The zero-order valence-corrected chi connectivity index (χ0v) is 22.3. The number of carbonyl (C=O) groups is 2. The minimum absolute atomic E-state index is 0.0539. The van der Waals surface area contributed by atoms with Crippen LogP contribution in [0.15, 0.2) is 48.5 Å². The van der Waals surface area contributed by atoms with Crippen LogP contribution in [0.3, 0.4) is 0 Å². The maximum Gasteiger partial charge on any atom is 0.416 e. The van der Waals surface area contributed by atoms with Crippen molar-refractivity contribution in [3.05, 3.63) is 65.2 Å². The molecule has 2 rings (SSSR count). The van der Waals surface area contributed by atoms with E-state index in [-0.39, 0.29) is 43.4 Å². The molecule has 0 saturated heterocycles. The first-order valence-electron chi connectivity index (χ1n) is 12.1. The van der Waals surface area contributed by atoms with Gasteiger partial charge in [-0.05, 0) is 50.5 Å². The summed E-state index contributed by atoms with van der Waals surface area (Å²) < 4.78 is 65.1. The number of hydrogen-bond acceptors (Lipinski definition) is 4. The molecule has 0 heterocycles. The third-order valence-corrected chi connectivity index (χ3v) is 7.02. The minimum atomic E-state index is -4.63. The van der Waals surface area contributed by atoms with Crippen LogP contribution in [-0.4, -0.2) is 50.5 Å². The lowest BCUT2D eigenvalue weighted by molar-refractivity contribution is -0.141. The number of amides is 2. The molecule has 11 heteroatoms. The fourth-order valence-electron chi connectivity index (χ4n) is 3.94. The monoisotopic (exact) mass is 541 g/mol. The maximum atomic E-state index is 13.3. The van der Waals surface area contributed by atoms with Crippen LogP contribution < -0.4 is 9.62 Å². The summed E-state index contributed by atoms with van der Waals surface area (Å²) in [6, 6.07) is 10.9. The van der Waals surface area contributed by atoms with Gasteiger partial charge in [-0.25, -0.2) is 8.42 Å². The Bertz CT molecular complexity index is 1170. The van der Waals surface area contributed by atoms with Gasteiger partial charge in [0, 0.05) is 26.1 Å². The van der Waals surface area contributed by atoms with Crippen LogP contribution in [0.5, 0.6) is 0 Å². The first-order chi connectivity index (χ1) is 17.3. The highest BCUT2D eigenvalue weighted by molar-refractivity contribution is 7.92. The second-order valence-electron chi connectivity index (χ2n) is 8.81. The summed E-state index contributed by atoms with van der Waals surface area (Å²) in [5.74, 6) is -0.636. The number of benzene rings is 2. The van der Waals surface area contributed by atoms with E-state index in [1.54, 1.807) is 13.8 Å². The summed E-state index contributed by atoms with van der Waals surface area (Å²) in [5, 5.41) is 2.75. The molecule has 0 bridgehead atoms. The van der Waals surface area contributed by atoms with Gasteiger partial charge in [-0.3, -0.25) is 13.9 Å². The number of carbonyl (C=O) groups excluding carboxylic acids is 2. The van der Waals surface area contributed by atoms with E-state index >= 15 is 0 Å². The zero-order chi connectivity index (χ0) is 27.8. The Morgan fingerprint density at radius 3 is 2.24 bits per heavy atom. The predicted octanol–water partition coefficient (Wildman–Crippen LogP) is 4.50. The average Bonchev–Trinajstić information content (AvgIpc) is 2.81. The number of hydrogen-bond donors (Lipinski definition) is 1. The molecule has 1 atom stereocenters. The number of nitrogens with one attached hydrogen (secondary N) is 1. The second kappa shape index (κ2) is 12.9. The molecule has 0 aliphatic rings. The zero-order valence-electron chi connectivity index (χ0n) is 21.5. The van der Waals surface area contributed by atoms with Crippen molar-refractivity contribution in [2.24, 2.45) is 0 Å². The smallest absolute Gasteiger partial charge is 0.355 e. The molecule has 7 nitrogen and oxygen atoms in total. The Morgan fingerprint density at radius 1 is 1.05 bits per heavy atom. The van der Waals surface area contributed by atoms with Crippen molar-refractivity contribution in [2.75, 3.05) is 23.7 Å². The highest BCUT2D eigenvalue weighted by atomic mass is 32.2. The molecule has 204 valence electrons. The van der Waals surface area contributed by atoms with E-state index in [0.29, 0.717) is 13.0 Å². The van der Waals surface area contributed by atoms with Crippen molar-refractivity contribution in [3.8, 4) is 0 Å². The third-order valence-electron chi connectivity index (χ3n) is 5.82. The lowest BCUT2D eigenvalue weighted by atomic mass is 10.1. The van der Waals surface area contributed by atoms with Crippen molar-refractivity contribution < 1.29 is 31.2 Å². The van der Waals surface area contributed by atoms with E-state index in [1.165, 1.54) is 11.0 Å². The largest absolute Gasteiger partial charge is 0.416 e. The highest BCUT2D eigenvalue weighted by Gasteiger charge is 2.32. The number of anilines is 1. The molecule has 0 aromatic heterocycles. The number of aryl methyl sites for hydroxylation is 1. The molecule has 2 amide bonds. The quantitative estimate of drug-likeness (QED) is 0.429. The molecule has 2 aromatic rings. The summed E-state index contributed by atoms with van der Waals surface area (Å²) in [5.41, 5.74) is 0.790. The van der Waals surface area contributed by atoms with Crippen molar-refractivity contribution in [1.29, 1.82) is 0 Å². The van der Waals surface area contributed by atoms with Crippen LogP contribution in [0.4, 0.5) is 18.9 Å². The Balaban J connectivity index is 2.24. The molecule has 2 aromatic carbocycles. The van der Waals surface area contributed by atoms with Gasteiger partial charge in [0.2, 0.25) is 21.8 Å². The van der Waals surface area contributed by atoms with Crippen LogP contribution in [0, 0.1) is 6.92 Å². The van der Waals surface area contributed by atoms with E-state index in [1.807, 2.05) is 31.2 Å². The molecular formula is C26H34F3N3O4S. The number of alkyl halides is 3. The SMILES string of the molecule is CCNC(=O)[C@@H](CC)N(Cc1ccc(C)cc1)C(=O)CCCN(c1cccc(C(F)(F)F)c1)S(C)(=O)=O. The van der Waals surface area contributed by atoms with Gasteiger partial charge in [-0.15, -0.1) is 0 Å². The fourth-order valence-corrected chi connectivity index (χ4v) is 4.90. The van der Waals surface area contributed by atoms with Gasteiger partial charge in [0.1, 0.15) is 6.04 Å². The summed E-state index contributed by atoms with van der Waals surface area (Å²) in [6.45, 7) is 5.93. The van der Waals surface area contributed by atoms with Crippen LogP contribution in [0.25, 0.3) is 0 Å². The van der Waals surface area contributed by atoms with Crippen LogP contribution in [0.1, 0.15) is 49.8 Å². The molecule has 37 heavy (non-hydrogen) atoms. The molecule has 0 radical (unpaired) electrons. The normalized spacial score (nSPS) is 12.6. The van der Waals surface area contributed by atoms with Crippen molar-refractivity contribution >= 4 is 27.5 Å². The average molecular weight is 542 g/mol. The van der Waals surface area contributed by atoms with E-state index < -0.39 is 27.8 Å². The van der Waals surface area contributed by atoms with Gasteiger partial charge in [0.25, 0.3) is 0 Å². The van der Waals surface area contributed by atoms with E-state index in [4.69, 9.17) is 0 Å². The topological polar surface area (TPSA) is 86.8 Å². The van der Waals surface area contributed by atoms with Gasteiger partial charge in [-0.2, -0.15) is 13.2 Å². The Morgan fingerprint density at radius 2 is 1.70 bits per heavy atom. The molecule has 0 unspecified atom stereocenters. The van der Waals surface area contributed by atoms with Gasteiger partial charge >= 0.3 is 6.18 Å². The molecular weight excluding hydrogens is 507 g/mol. The Kier molecular flexibility index (Phi) is 10.5. The fraction of sp³-hybridized carbons (Fsp3) is 0.462. The molecule has 0 aliphatic heterocycles. The van der Waals surface area contributed by atoms with Gasteiger partial charge in [0.15, 0.2) is 0 Å². The number of rotatable bonds is 12. The van der Waals surface area contributed by atoms with E-state index in [2.05, 4.69) is 5.32 Å². The van der Waals surface area contributed by atoms with Crippen molar-refractivity contribution in [2.45, 2.75) is 58.8 Å². The summed E-state index contributed by atoms with van der Waals surface area (Å²) in [6.07, 6.45) is -3.38. The number of nitrogens with zero attached hydrogens (tertiary/aromatic N) is 2. The molecule has 0 spiro atoms. The van der Waals surface area contributed by atoms with Crippen LogP contribution in [-0.2, 0) is 32.3 Å². The number of sulfonamides is 1. The number of halogens is 3. The lowest BCUT2D eigenvalue weighted by Gasteiger charge is -2.31. The summed E-state index contributed by atoms with van der Waals surface area (Å²) >= 11 is 0. The van der Waals surface area contributed by atoms with Crippen LogP contribution >= 0.6 is 0 Å². The van der Waals surface area contributed by atoms with Gasteiger partial charge in [0.05, 0.1) is 17.5 Å². The van der Waals surface area contributed by atoms with E-state index in [9.17, 15) is 31.2 Å².